The number of carbonyl (C=O) groups excluding carboxylic acids is 1. The quantitative estimate of drug-likeness (QED) is 0.850. The summed E-state index contributed by atoms with van der Waals surface area (Å²) in [4.78, 5) is 15.0. The molecule has 0 spiro atoms. The van der Waals surface area contributed by atoms with Crippen LogP contribution in [0.25, 0.3) is 0 Å². The number of carbonyl (C=O) groups is 1. The molecule has 0 saturated heterocycles. The smallest absolute Gasteiger partial charge is 0.254 e. The zero-order valence-corrected chi connectivity index (χ0v) is 11.5. The normalized spacial score (nSPS) is 21.2. The minimum Gasteiger partial charge on any atom is -0.454 e. The van der Waals surface area contributed by atoms with E-state index in [9.17, 15) is 4.79 Å². The van der Waals surface area contributed by atoms with Crippen molar-refractivity contribution >= 4 is 5.91 Å². The van der Waals surface area contributed by atoms with E-state index < -0.39 is 0 Å². The number of hydrogen-bond acceptors (Lipinski definition) is 3. The number of rotatable bonds is 3. The van der Waals surface area contributed by atoms with Gasteiger partial charge in [0.1, 0.15) is 0 Å². The molecule has 2 fully saturated rings. The second-order valence-corrected chi connectivity index (χ2v) is 5.95. The molecule has 2 aliphatic carbocycles. The summed E-state index contributed by atoms with van der Waals surface area (Å²) in [6.07, 6.45) is 7.14. The minimum atomic E-state index is 0.165. The molecule has 0 N–H and O–H groups in total. The van der Waals surface area contributed by atoms with Gasteiger partial charge in [0, 0.05) is 17.6 Å². The van der Waals surface area contributed by atoms with Crippen LogP contribution in [0.3, 0.4) is 0 Å². The lowest BCUT2D eigenvalue weighted by Gasteiger charge is -2.29. The Balaban J connectivity index is 1.61. The van der Waals surface area contributed by atoms with Crippen molar-refractivity contribution in [3.63, 3.8) is 0 Å². The van der Waals surface area contributed by atoms with Gasteiger partial charge in [-0.2, -0.15) is 0 Å². The molecule has 106 valence electrons. The summed E-state index contributed by atoms with van der Waals surface area (Å²) in [6, 6.07) is 6.45. The summed E-state index contributed by atoms with van der Waals surface area (Å²) in [6.45, 7) is 0.252. The standard InChI is InChI=1S/C16H19NO3/c18-16(11-5-8-14-15(9-11)20-10-19-14)17(13-6-7-13)12-3-1-2-4-12/h5,8-9,12-13H,1-4,6-7,10H2. The van der Waals surface area contributed by atoms with Gasteiger partial charge < -0.3 is 14.4 Å². The third kappa shape index (κ3) is 2.03. The fourth-order valence-electron chi connectivity index (χ4n) is 3.34. The summed E-state index contributed by atoms with van der Waals surface area (Å²) in [5, 5.41) is 0. The average molecular weight is 273 g/mol. The Morgan fingerprint density at radius 3 is 2.45 bits per heavy atom. The summed E-state index contributed by atoms with van der Waals surface area (Å²) in [5.41, 5.74) is 0.730. The largest absolute Gasteiger partial charge is 0.454 e. The molecule has 0 unspecified atom stereocenters. The zero-order chi connectivity index (χ0) is 13.5. The van der Waals surface area contributed by atoms with Gasteiger partial charge in [-0.05, 0) is 43.9 Å². The van der Waals surface area contributed by atoms with Gasteiger partial charge in [0.25, 0.3) is 5.91 Å². The molecule has 2 saturated carbocycles. The van der Waals surface area contributed by atoms with E-state index >= 15 is 0 Å². The van der Waals surface area contributed by atoms with Crippen molar-refractivity contribution < 1.29 is 14.3 Å². The molecule has 1 aromatic rings. The van der Waals surface area contributed by atoms with Gasteiger partial charge in [-0.25, -0.2) is 0 Å². The van der Waals surface area contributed by atoms with Crippen LogP contribution in [-0.2, 0) is 0 Å². The molecule has 1 aromatic carbocycles. The Kier molecular flexibility index (Phi) is 2.83. The summed E-state index contributed by atoms with van der Waals surface area (Å²) >= 11 is 0. The van der Waals surface area contributed by atoms with Crippen LogP contribution in [0.2, 0.25) is 0 Å². The summed E-state index contributed by atoms with van der Waals surface area (Å²) < 4.78 is 10.7. The molecule has 20 heavy (non-hydrogen) atoms. The lowest BCUT2D eigenvalue weighted by Crippen LogP contribution is -2.40. The number of fused-ring (bicyclic) bond motifs is 1. The van der Waals surface area contributed by atoms with Gasteiger partial charge in [-0.1, -0.05) is 12.8 Å². The van der Waals surface area contributed by atoms with Crippen molar-refractivity contribution in [2.75, 3.05) is 6.79 Å². The second-order valence-electron chi connectivity index (χ2n) is 5.95. The highest BCUT2D eigenvalue weighted by atomic mass is 16.7. The first-order valence-corrected chi connectivity index (χ1v) is 7.55. The van der Waals surface area contributed by atoms with Crippen LogP contribution in [-0.4, -0.2) is 29.7 Å². The Bertz CT molecular complexity index is 533. The van der Waals surface area contributed by atoms with Crippen molar-refractivity contribution in [3.05, 3.63) is 23.8 Å². The minimum absolute atomic E-state index is 0.165. The van der Waals surface area contributed by atoms with E-state index in [0.29, 0.717) is 17.8 Å². The second kappa shape index (κ2) is 4.69. The molecule has 4 nitrogen and oxygen atoms in total. The van der Waals surface area contributed by atoms with Crippen LogP contribution in [0, 0.1) is 0 Å². The first-order valence-electron chi connectivity index (χ1n) is 7.55. The van der Waals surface area contributed by atoms with Gasteiger partial charge in [-0.3, -0.25) is 4.79 Å². The Morgan fingerprint density at radius 1 is 1.00 bits per heavy atom. The lowest BCUT2D eigenvalue weighted by atomic mass is 10.1. The van der Waals surface area contributed by atoms with E-state index in [1.165, 1.54) is 12.8 Å². The van der Waals surface area contributed by atoms with Gasteiger partial charge in [-0.15, -0.1) is 0 Å². The highest BCUT2D eigenvalue weighted by Gasteiger charge is 2.38. The maximum atomic E-state index is 12.8. The molecular formula is C16H19NO3. The molecule has 3 aliphatic rings. The molecule has 1 heterocycles. The van der Waals surface area contributed by atoms with Gasteiger partial charge in [0.15, 0.2) is 11.5 Å². The molecule has 1 aliphatic heterocycles. The van der Waals surface area contributed by atoms with E-state index in [1.807, 2.05) is 18.2 Å². The predicted octanol–water partition coefficient (Wildman–Crippen LogP) is 2.96. The highest BCUT2D eigenvalue weighted by molar-refractivity contribution is 5.95. The monoisotopic (exact) mass is 273 g/mol. The van der Waals surface area contributed by atoms with Crippen molar-refractivity contribution in [2.45, 2.75) is 50.6 Å². The van der Waals surface area contributed by atoms with Crippen LogP contribution in [0.5, 0.6) is 11.5 Å². The molecule has 0 atom stereocenters. The number of nitrogens with zero attached hydrogens (tertiary/aromatic N) is 1. The topological polar surface area (TPSA) is 38.8 Å². The van der Waals surface area contributed by atoms with Crippen LogP contribution in [0.1, 0.15) is 48.9 Å². The van der Waals surface area contributed by atoms with Crippen LogP contribution >= 0.6 is 0 Å². The molecule has 0 radical (unpaired) electrons. The highest BCUT2D eigenvalue weighted by Crippen LogP contribution is 2.37. The fraction of sp³-hybridized carbons (Fsp3) is 0.562. The molecule has 1 amide bonds. The van der Waals surface area contributed by atoms with E-state index in [2.05, 4.69) is 4.90 Å². The zero-order valence-electron chi connectivity index (χ0n) is 11.5. The predicted molar refractivity (Wildman–Crippen MR) is 74.0 cm³/mol. The van der Waals surface area contributed by atoms with Crippen LogP contribution < -0.4 is 9.47 Å². The van der Waals surface area contributed by atoms with Gasteiger partial charge in [0.2, 0.25) is 6.79 Å². The third-order valence-corrected chi connectivity index (χ3v) is 4.51. The number of amides is 1. The van der Waals surface area contributed by atoms with E-state index in [-0.39, 0.29) is 12.7 Å². The molecule has 0 bridgehead atoms. The average Bonchev–Trinajstić information content (AvgIpc) is 2.97. The Labute approximate surface area is 118 Å². The van der Waals surface area contributed by atoms with Crippen molar-refractivity contribution in [2.24, 2.45) is 0 Å². The summed E-state index contributed by atoms with van der Waals surface area (Å²) in [5.74, 6) is 1.59. The Morgan fingerprint density at radius 2 is 1.70 bits per heavy atom. The van der Waals surface area contributed by atoms with Crippen molar-refractivity contribution in [3.8, 4) is 11.5 Å². The van der Waals surface area contributed by atoms with Crippen molar-refractivity contribution in [1.82, 2.24) is 4.90 Å². The summed E-state index contributed by atoms with van der Waals surface area (Å²) in [7, 11) is 0. The van der Waals surface area contributed by atoms with E-state index in [4.69, 9.17) is 9.47 Å². The van der Waals surface area contributed by atoms with Gasteiger partial charge >= 0.3 is 0 Å². The third-order valence-electron chi connectivity index (χ3n) is 4.51. The lowest BCUT2D eigenvalue weighted by molar-refractivity contribution is 0.0664. The maximum absolute atomic E-state index is 12.8. The Hall–Kier alpha value is -1.71. The molecular weight excluding hydrogens is 254 g/mol. The van der Waals surface area contributed by atoms with Crippen LogP contribution in [0.4, 0.5) is 0 Å². The van der Waals surface area contributed by atoms with E-state index in [0.717, 1.165) is 37.0 Å². The van der Waals surface area contributed by atoms with Crippen LogP contribution in [0.15, 0.2) is 18.2 Å². The molecule has 0 aromatic heterocycles. The first-order chi connectivity index (χ1) is 9.83. The first kappa shape index (κ1) is 12.1. The fourth-order valence-corrected chi connectivity index (χ4v) is 3.34. The SMILES string of the molecule is O=C(c1ccc2c(c1)OCO2)N(C1CCCC1)C1CC1. The molecule has 4 heteroatoms. The van der Waals surface area contributed by atoms with E-state index in [1.54, 1.807) is 0 Å². The number of hydrogen-bond donors (Lipinski definition) is 0. The maximum Gasteiger partial charge on any atom is 0.254 e. The number of benzene rings is 1. The van der Waals surface area contributed by atoms with Gasteiger partial charge in [0.05, 0.1) is 0 Å². The number of ether oxygens (including phenoxy) is 2. The molecule has 4 rings (SSSR count). The van der Waals surface area contributed by atoms with Crippen molar-refractivity contribution in [1.29, 1.82) is 0 Å².